The van der Waals surface area contributed by atoms with Crippen LogP contribution in [0.15, 0.2) is 24.3 Å². The number of aryl methyl sites for hydroxylation is 1. The maximum absolute atomic E-state index is 5.59. The largest absolute Gasteiger partial charge is 0.496 e. The first-order valence-electron chi connectivity index (χ1n) is 6.61. The minimum atomic E-state index is -0.00493. The van der Waals surface area contributed by atoms with Gasteiger partial charge in [-0.15, -0.1) is 10.2 Å². The molecule has 4 nitrogen and oxygen atoms in total. The normalized spacial score (nSPS) is 11.4. The molecular weight excluding hydrogens is 250 g/mol. The molecule has 1 aromatic carbocycles. The van der Waals surface area contributed by atoms with Gasteiger partial charge in [-0.3, -0.25) is 0 Å². The Kier molecular flexibility index (Phi) is 3.66. The van der Waals surface area contributed by atoms with Crippen LogP contribution in [0.3, 0.4) is 0 Å². The van der Waals surface area contributed by atoms with Gasteiger partial charge in [-0.2, -0.15) is 0 Å². The number of ether oxygens (including phenoxy) is 1. The van der Waals surface area contributed by atoms with E-state index in [0.29, 0.717) is 5.82 Å². The number of methoxy groups -OCH3 is 1. The van der Waals surface area contributed by atoms with Gasteiger partial charge >= 0.3 is 0 Å². The monoisotopic (exact) mass is 271 g/mol. The van der Waals surface area contributed by atoms with E-state index in [1.54, 1.807) is 13.2 Å². The molecule has 0 amide bonds. The fourth-order valence-electron chi connectivity index (χ4n) is 2.20. The summed E-state index contributed by atoms with van der Waals surface area (Å²) in [4.78, 5) is 0. The van der Waals surface area contributed by atoms with Gasteiger partial charge in [0, 0.05) is 11.1 Å². The molecule has 1 aromatic heterocycles. The van der Waals surface area contributed by atoms with Crippen molar-refractivity contribution in [1.82, 2.24) is 10.2 Å². The summed E-state index contributed by atoms with van der Waals surface area (Å²) in [5.74, 6) is 1.33. The Morgan fingerprint density at radius 1 is 1.10 bits per heavy atom. The molecule has 20 heavy (non-hydrogen) atoms. The van der Waals surface area contributed by atoms with E-state index in [1.807, 2.05) is 19.1 Å². The van der Waals surface area contributed by atoms with Crippen LogP contribution in [0, 0.1) is 6.92 Å². The van der Waals surface area contributed by atoms with E-state index in [1.165, 1.54) is 0 Å². The summed E-state index contributed by atoms with van der Waals surface area (Å²) >= 11 is 0. The van der Waals surface area contributed by atoms with Crippen LogP contribution in [0.5, 0.6) is 5.75 Å². The van der Waals surface area contributed by atoms with Crippen molar-refractivity contribution in [2.24, 2.45) is 0 Å². The van der Waals surface area contributed by atoms with Crippen molar-refractivity contribution in [2.75, 3.05) is 12.8 Å². The summed E-state index contributed by atoms with van der Waals surface area (Å²) in [5, 5.41) is 8.10. The molecule has 2 rings (SSSR count). The van der Waals surface area contributed by atoms with E-state index >= 15 is 0 Å². The quantitative estimate of drug-likeness (QED) is 0.910. The van der Waals surface area contributed by atoms with Gasteiger partial charge < -0.3 is 10.5 Å². The number of hydrogen-bond donors (Lipinski definition) is 1. The highest BCUT2D eigenvalue weighted by Gasteiger charge is 2.21. The molecule has 0 aliphatic rings. The van der Waals surface area contributed by atoms with E-state index in [-0.39, 0.29) is 5.41 Å². The second-order valence-electron chi connectivity index (χ2n) is 5.96. The van der Waals surface area contributed by atoms with Gasteiger partial charge in [0.25, 0.3) is 0 Å². The average molecular weight is 271 g/mol. The zero-order chi connectivity index (χ0) is 14.9. The van der Waals surface area contributed by atoms with Crippen molar-refractivity contribution in [3.05, 3.63) is 35.4 Å². The summed E-state index contributed by atoms with van der Waals surface area (Å²) < 4.78 is 5.51. The van der Waals surface area contributed by atoms with E-state index in [4.69, 9.17) is 10.5 Å². The molecule has 0 radical (unpaired) electrons. The highest BCUT2D eigenvalue weighted by molar-refractivity contribution is 5.67. The van der Waals surface area contributed by atoms with Gasteiger partial charge in [0.1, 0.15) is 11.6 Å². The van der Waals surface area contributed by atoms with Crippen molar-refractivity contribution in [1.29, 1.82) is 0 Å². The topological polar surface area (TPSA) is 61.0 Å². The highest BCUT2D eigenvalue weighted by atomic mass is 16.5. The van der Waals surface area contributed by atoms with Crippen LogP contribution >= 0.6 is 0 Å². The molecule has 0 aliphatic carbocycles. The van der Waals surface area contributed by atoms with Crippen LogP contribution in [0.1, 0.15) is 31.9 Å². The first-order valence-corrected chi connectivity index (χ1v) is 6.61. The lowest BCUT2D eigenvalue weighted by Crippen LogP contribution is -2.13. The summed E-state index contributed by atoms with van der Waals surface area (Å²) in [6, 6.07) is 7.84. The van der Waals surface area contributed by atoms with Gasteiger partial charge in [-0.25, -0.2) is 0 Å². The number of rotatable bonds is 2. The fourth-order valence-corrected chi connectivity index (χ4v) is 2.20. The molecule has 0 saturated carbocycles. The van der Waals surface area contributed by atoms with Crippen LogP contribution in [-0.2, 0) is 5.41 Å². The van der Waals surface area contributed by atoms with Crippen molar-refractivity contribution in [3.8, 4) is 17.0 Å². The molecule has 4 heteroatoms. The second kappa shape index (κ2) is 5.12. The number of benzene rings is 1. The third-order valence-corrected chi connectivity index (χ3v) is 3.32. The van der Waals surface area contributed by atoms with Crippen LogP contribution < -0.4 is 10.5 Å². The Bertz CT molecular complexity index is 613. The third-order valence-electron chi connectivity index (χ3n) is 3.32. The van der Waals surface area contributed by atoms with Gasteiger partial charge in [-0.1, -0.05) is 20.8 Å². The van der Waals surface area contributed by atoms with Gasteiger partial charge in [-0.05, 0) is 42.2 Å². The first kappa shape index (κ1) is 14.3. The third kappa shape index (κ3) is 2.74. The number of hydrogen-bond acceptors (Lipinski definition) is 4. The van der Waals surface area contributed by atoms with Gasteiger partial charge in [0.15, 0.2) is 0 Å². The predicted molar refractivity (Wildman–Crippen MR) is 81.9 cm³/mol. The predicted octanol–water partition coefficient (Wildman–Crippen LogP) is 3.34. The molecule has 1 heterocycles. The Labute approximate surface area is 120 Å². The number of nitrogen functional groups attached to an aromatic ring is 1. The van der Waals surface area contributed by atoms with Crippen molar-refractivity contribution >= 4 is 5.82 Å². The van der Waals surface area contributed by atoms with E-state index in [2.05, 4.69) is 37.0 Å². The Hall–Kier alpha value is -2.10. The summed E-state index contributed by atoms with van der Waals surface area (Å²) in [7, 11) is 1.70. The maximum atomic E-state index is 5.59. The molecule has 0 fully saturated rings. The fraction of sp³-hybridized carbons (Fsp3) is 0.375. The minimum absolute atomic E-state index is 0.00493. The van der Waals surface area contributed by atoms with Gasteiger partial charge in [0.05, 0.1) is 12.8 Å². The SMILES string of the molecule is COc1cc(C)c(-c2ccc(N)nn2)cc1C(C)(C)C. The first-order chi connectivity index (χ1) is 9.32. The van der Waals surface area contributed by atoms with Crippen LogP contribution in [0.25, 0.3) is 11.3 Å². The van der Waals surface area contributed by atoms with Crippen molar-refractivity contribution in [3.63, 3.8) is 0 Å². The second-order valence-corrected chi connectivity index (χ2v) is 5.96. The molecule has 2 aromatic rings. The van der Waals surface area contributed by atoms with Crippen molar-refractivity contribution in [2.45, 2.75) is 33.1 Å². The summed E-state index contributed by atoms with van der Waals surface area (Å²) in [6.07, 6.45) is 0. The highest BCUT2D eigenvalue weighted by Crippen LogP contribution is 2.36. The number of anilines is 1. The zero-order valence-electron chi connectivity index (χ0n) is 12.7. The molecule has 106 valence electrons. The summed E-state index contributed by atoms with van der Waals surface area (Å²) in [6.45, 7) is 8.54. The number of aromatic nitrogens is 2. The van der Waals surface area contributed by atoms with Gasteiger partial charge in [0.2, 0.25) is 0 Å². The average Bonchev–Trinajstić information content (AvgIpc) is 2.38. The van der Waals surface area contributed by atoms with Crippen LogP contribution in [-0.4, -0.2) is 17.3 Å². The Morgan fingerprint density at radius 3 is 2.30 bits per heavy atom. The molecule has 0 atom stereocenters. The van der Waals surface area contributed by atoms with Crippen LogP contribution in [0.4, 0.5) is 5.82 Å². The molecule has 0 aliphatic heterocycles. The Morgan fingerprint density at radius 2 is 1.80 bits per heavy atom. The van der Waals surface area contributed by atoms with E-state index < -0.39 is 0 Å². The number of nitrogens with zero attached hydrogens (tertiary/aromatic N) is 2. The molecule has 0 spiro atoms. The molecule has 0 saturated heterocycles. The van der Waals surface area contributed by atoms with Crippen molar-refractivity contribution < 1.29 is 4.74 Å². The lowest BCUT2D eigenvalue weighted by molar-refractivity contribution is 0.397. The van der Waals surface area contributed by atoms with Crippen LogP contribution in [0.2, 0.25) is 0 Å². The summed E-state index contributed by atoms with van der Waals surface area (Å²) in [5.41, 5.74) is 9.73. The molecular formula is C16H21N3O. The number of nitrogens with two attached hydrogens (primary N) is 1. The smallest absolute Gasteiger partial charge is 0.146 e. The minimum Gasteiger partial charge on any atom is -0.496 e. The molecule has 0 unspecified atom stereocenters. The molecule has 0 bridgehead atoms. The standard InChI is InChI=1S/C16H21N3O/c1-10-8-14(20-5)12(16(2,3)4)9-11(10)13-6-7-15(17)19-18-13/h6-9H,1-5H3,(H2,17,19). The lowest BCUT2D eigenvalue weighted by Gasteiger charge is -2.24. The maximum Gasteiger partial charge on any atom is 0.146 e. The molecule has 2 N–H and O–H groups in total. The van der Waals surface area contributed by atoms with E-state index in [9.17, 15) is 0 Å². The lowest BCUT2D eigenvalue weighted by atomic mass is 9.84. The Balaban J connectivity index is 2.62. The zero-order valence-corrected chi connectivity index (χ0v) is 12.7. The van der Waals surface area contributed by atoms with E-state index in [0.717, 1.165) is 28.1 Å².